The van der Waals surface area contributed by atoms with Crippen LogP contribution in [-0.2, 0) is 34.0 Å². The molecule has 0 spiro atoms. The standard InChI is InChI=1S/C42H41F3N8O5S/c43-33-19-27(18-31-32(33)22-52(39(31)57)23-37(55)48-41-46-10-16-59-41)26-2-4-29(5-3-26)50-12-14-51(15-13-50)35-9-11-49(24-42(35,44)45)20-25-1-6-30-28(17-25)21-53(40(30)58)34-7-8-36(54)47-38(34)56/h1-6,10,16-19,34-35H,7-9,11-15,20-24H2,(H,46,48,55)(H,47,54,56). The molecule has 5 aliphatic rings. The number of piperazine rings is 1. The van der Waals surface area contributed by atoms with Crippen LogP contribution in [-0.4, -0.2) is 118 Å². The highest BCUT2D eigenvalue weighted by Gasteiger charge is 2.48. The van der Waals surface area contributed by atoms with Gasteiger partial charge in [0.05, 0.1) is 19.1 Å². The highest BCUT2D eigenvalue weighted by molar-refractivity contribution is 7.13. The van der Waals surface area contributed by atoms with Crippen LogP contribution in [0.15, 0.2) is 66.2 Å². The van der Waals surface area contributed by atoms with E-state index >= 15 is 13.2 Å². The van der Waals surface area contributed by atoms with Gasteiger partial charge in [0.1, 0.15) is 18.4 Å². The molecular weight excluding hydrogens is 786 g/mol. The summed E-state index contributed by atoms with van der Waals surface area (Å²) in [6.07, 6.45) is 2.32. The Labute approximate surface area is 341 Å². The normalized spacial score (nSPS) is 22.1. The topological polar surface area (TPSA) is 138 Å². The average Bonchev–Trinajstić information content (AvgIpc) is 3.92. The van der Waals surface area contributed by atoms with E-state index in [4.69, 9.17) is 0 Å². The van der Waals surface area contributed by atoms with Crippen LogP contribution in [0.25, 0.3) is 11.1 Å². The molecule has 2 atom stereocenters. The van der Waals surface area contributed by atoms with Gasteiger partial charge in [-0.3, -0.25) is 39.1 Å². The average molecular weight is 827 g/mol. The van der Waals surface area contributed by atoms with Gasteiger partial charge in [0, 0.05) is 86.2 Å². The second-order valence-electron chi connectivity index (χ2n) is 15.8. The first-order valence-corrected chi connectivity index (χ1v) is 20.6. The summed E-state index contributed by atoms with van der Waals surface area (Å²) in [6.45, 7) is 2.50. The molecule has 4 aromatic rings. The molecule has 3 aromatic carbocycles. The summed E-state index contributed by atoms with van der Waals surface area (Å²) in [7, 11) is 0. The Morgan fingerprint density at radius 1 is 0.898 bits per heavy atom. The first-order chi connectivity index (χ1) is 28.4. The van der Waals surface area contributed by atoms with Crippen molar-refractivity contribution in [3.05, 3.63) is 99.8 Å². The predicted octanol–water partition coefficient (Wildman–Crippen LogP) is 4.34. The maximum atomic E-state index is 15.8. The summed E-state index contributed by atoms with van der Waals surface area (Å²) < 4.78 is 47.0. The minimum Gasteiger partial charge on any atom is -0.369 e. The fourth-order valence-electron chi connectivity index (χ4n) is 9.06. The molecule has 0 aliphatic carbocycles. The molecule has 5 amide bonds. The zero-order valence-corrected chi connectivity index (χ0v) is 32.8. The third kappa shape index (κ3) is 7.69. The van der Waals surface area contributed by atoms with Gasteiger partial charge in [0.15, 0.2) is 5.13 Å². The number of alkyl halides is 2. The number of nitrogens with zero attached hydrogens (tertiary/aromatic N) is 6. The number of rotatable bonds is 9. The molecule has 6 heterocycles. The van der Waals surface area contributed by atoms with Gasteiger partial charge >= 0.3 is 0 Å². The van der Waals surface area contributed by atoms with E-state index in [-0.39, 0.29) is 62.0 Å². The van der Waals surface area contributed by atoms with Gasteiger partial charge in [-0.25, -0.2) is 18.2 Å². The van der Waals surface area contributed by atoms with E-state index in [2.05, 4.69) is 20.5 Å². The van der Waals surface area contributed by atoms with Crippen LogP contribution in [0.5, 0.6) is 0 Å². The van der Waals surface area contributed by atoms with E-state index in [0.29, 0.717) is 61.9 Å². The molecule has 3 fully saturated rings. The Hall–Kier alpha value is -5.65. The Morgan fingerprint density at radius 2 is 1.69 bits per heavy atom. The summed E-state index contributed by atoms with van der Waals surface area (Å²) in [5.74, 6) is -5.37. The van der Waals surface area contributed by atoms with Crippen LogP contribution < -0.4 is 15.5 Å². The van der Waals surface area contributed by atoms with Gasteiger partial charge in [0.2, 0.25) is 17.7 Å². The van der Waals surface area contributed by atoms with Crippen LogP contribution in [0.3, 0.4) is 0 Å². The number of hydrogen-bond donors (Lipinski definition) is 2. The summed E-state index contributed by atoms with van der Waals surface area (Å²) in [6, 6.07) is 14.4. The van der Waals surface area contributed by atoms with Crippen LogP contribution >= 0.6 is 11.3 Å². The van der Waals surface area contributed by atoms with Crippen molar-refractivity contribution in [2.45, 2.75) is 56.9 Å². The van der Waals surface area contributed by atoms with Crippen molar-refractivity contribution in [2.75, 3.05) is 56.0 Å². The fourth-order valence-corrected chi connectivity index (χ4v) is 9.60. The predicted molar refractivity (Wildman–Crippen MR) is 212 cm³/mol. The van der Waals surface area contributed by atoms with Crippen molar-refractivity contribution in [1.29, 1.82) is 0 Å². The molecule has 5 aliphatic heterocycles. The van der Waals surface area contributed by atoms with E-state index in [9.17, 15) is 24.0 Å². The summed E-state index contributed by atoms with van der Waals surface area (Å²) in [5, 5.41) is 7.10. The van der Waals surface area contributed by atoms with E-state index < -0.39 is 41.5 Å². The molecule has 1 aromatic heterocycles. The molecule has 0 radical (unpaired) electrons. The zero-order valence-electron chi connectivity index (χ0n) is 32.0. The van der Waals surface area contributed by atoms with Crippen molar-refractivity contribution >= 4 is 51.7 Å². The number of aromatic nitrogens is 1. The first kappa shape index (κ1) is 38.8. The van der Waals surface area contributed by atoms with Gasteiger partial charge in [0.25, 0.3) is 17.7 Å². The summed E-state index contributed by atoms with van der Waals surface area (Å²) >= 11 is 1.26. The number of nitrogens with one attached hydrogen (secondary N) is 2. The lowest BCUT2D eigenvalue weighted by molar-refractivity contribution is -0.137. The quantitative estimate of drug-likeness (QED) is 0.236. The van der Waals surface area contributed by atoms with Crippen LogP contribution in [0, 0.1) is 5.82 Å². The van der Waals surface area contributed by atoms with Crippen LogP contribution in [0.2, 0.25) is 0 Å². The van der Waals surface area contributed by atoms with Crippen molar-refractivity contribution in [1.82, 2.24) is 29.9 Å². The number of piperidine rings is 2. The summed E-state index contributed by atoms with van der Waals surface area (Å²) in [5.41, 5.74) is 4.72. The highest BCUT2D eigenvalue weighted by atomic mass is 32.1. The number of benzene rings is 3. The van der Waals surface area contributed by atoms with Gasteiger partial charge in [-0.05, 0) is 65.4 Å². The van der Waals surface area contributed by atoms with E-state index in [0.717, 1.165) is 22.4 Å². The van der Waals surface area contributed by atoms with Crippen molar-refractivity contribution in [2.24, 2.45) is 0 Å². The van der Waals surface area contributed by atoms with Crippen LogP contribution in [0.1, 0.15) is 56.7 Å². The van der Waals surface area contributed by atoms with Gasteiger partial charge in [-0.15, -0.1) is 11.3 Å². The van der Waals surface area contributed by atoms with Crippen molar-refractivity contribution in [3.63, 3.8) is 0 Å². The number of imide groups is 1. The van der Waals surface area contributed by atoms with Gasteiger partial charge in [-0.2, -0.15) is 0 Å². The monoisotopic (exact) mass is 826 g/mol. The van der Waals surface area contributed by atoms with E-state index in [1.807, 2.05) is 35.2 Å². The molecule has 306 valence electrons. The fraction of sp³-hybridized carbons (Fsp3) is 0.381. The minimum atomic E-state index is -2.94. The van der Waals surface area contributed by atoms with Crippen molar-refractivity contribution in [3.8, 4) is 11.1 Å². The zero-order chi connectivity index (χ0) is 41.0. The first-order valence-electron chi connectivity index (χ1n) is 19.7. The smallest absolute Gasteiger partial charge is 0.275 e. The number of thiazole rings is 1. The Morgan fingerprint density at radius 3 is 2.42 bits per heavy atom. The molecule has 0 saturated carbocycles. The second-order valence-corrected chi connectivity index (χ2v) is 16.7. The number of halogens is 3. The highest BCUT2D eigenvalue weighted by Crippen LogP contribution is 2.36. The number of hydrogen-bond acceptors (Lipinski definition) is 10. The molecule has 2 unspecified atom stereocenters. The lowest BCUT2D eigenvalue weighted by atomic mass is 9.97. The number of likely N-dealkylation sites (tertiary alicyclic amines) is 1. The maximum absolute atomic E-state index is 15.8. The largest absolute Gasteiger partial charge is 0.369 e. The SMILES string of the molecule is O=C1CCC(N2Cc3cc(CN4CCC(N5CCN(c6ccc(-c7cc(F)c8c(c7)C(=O)N(CC(=O)Nc7nccs7)C8)cc6)CC5)C(F)(F)C4)ccc3C2=O)C(=O)N1. The molecule has 0 bridgehead atoms. The third-order valence-corrected chi connectivity index (χ3v) is 12.7. The van der Waals surface area contributed by atoms with Crippen LogP contribution in [0.4, 0.5) is 24.0 Å². The third-order valence-electron chi connectivity index (χ3n) is 12.0. The lowest BCUT2D eigenvalue weighted by Gasteiger charge is -2.46. The second kappa shape index (κ2) is 15.5. The van der Waals surface area contributed by atoms with Gasteiger partial charge in [-0.1, -0.05) is 24.3 Å². The number of carbonyl (C=O) groups is 5. The molecule has 13 nitrogen and oxygen atoms in total. The number of fused-ring (bicyclic) bond motifs is 2. The molecule has 2 N–H and O–H groups in total. The van der Waals surface area contributed by atoms with E-state index in [1.54, 1.807) is 34.7 Å². The van der Waals surface area contributed by atoms with Gasteiger partial charge < -0.3 is 20.0 Å². The van der Waals surface area contributed by atoms with E-state index in [1.165, 1.54) is 27.2 Å². The molecule has 59 heavy (non-hydrogen) atoms. The Bertz CT molecular complexity index is 2340. The van der Waals surface area contributed by atoms with Crippen molar-refractivity contribution < 1.29 is 37.1 Å². The number of amides is 5. The molecule has 17 heteroatoms. The molecule has 3 saturated heterocycles. The molecule has 9 rings (SSSR count). The lowest BCUT2D eigenvalue weighted by Crippen LogP contribution is -2.61. The maximum Gasteiger partial charge on any atom is 0.275 e. The minimum absolute atomic E-state index is 0.00317. The number of anilines is 2. The molecular formula is C42H41F3N8O5S. The number of carbonyl (C=O) groups excluding carboxylic acids is 5. The Kier molecular flexibility index (Phi) is 10.2. The summed E-state index contributed by atoms with van der Waals surface area (Å²) in [4.78, 5) is 75.4. The Balaban J connectivity index is 0.773.